The van der Waals surface area contributed by atoms with E-state index in [4.69, 9.17) is 9.84 Å². The zero-order valence-electron chi connectivity index (χ0n) is 9.81. The number of morpholine rings is 1. The van der Waals surface area contributed by atoms with Crippen molar-refractivity contribution in [3.8, 4) is 5.75 Å². The Morgan fingerprint density at radius 2 is 2.31 bits per heavy atom. The van der Waals surface area contributed by atoms with E-state index in [1.165, 1.54) is 6.20 Å². The molecule has 1 aliphatic heterocycles. The van der Waals surface area contributed by atoms with Gasteiger partial charge in [-0.3, -0.25) is 9.88 Å². The van der Waals surface area contributed by atoms with Gasteiger partial charge in [-0.2, -0.15) is 0 Å². The topological polar surface area (TPSA) is 45.6 Å². The van der Waals surface area contributed by atoms with Crippen molar-refractivity contribution in [1.82, 2.24) is 9.88 Å². The van der Waals surface area contributed by atoms with Crippen molar-refractivity contribution < 1.29 is 9.84 Å². The minimum Gasteiger partial charge on any atom is -0.506 e. The lowest BCUT2D eigenvalue weighted by Crippen LogP contribution is -2.47. The summed E-state index contributed by atoms with van der Waals surface area (Å²) in [6.07, 6.45) is 1.49. The van der Waals surface area contributed by atoms with E-state index in [1.54, 1.807) is 6.07 Å². The maximum Gasteiger partial charge on any atom is 0.133 e. The molecule has 88 valence electrons. The molecule has 4 nitrogen and oxygen atoms in total. The van der Waals surface area contributed by atoms with Crippen LogP contribution >= 0.6 is 0 Å². The number of ether oxygens (including phenoxy) is 1. The van der Waals surface area contributed by atoms with Gasteiger partial charge in [0.05, 0.1) is 24.1 Å². The fourth-order valence-corrected chi connectivity index (χ4v) is 1.99. The highest BCUT2D eigenvalue weighted by Crippen LogP contribution is 2.18. The van der Waals surface area contributed by atoms with Crippen LogP contribution in [0.2, 0.25) is 0 Å². The summed E-state index contributed by atoms with van der Waals surface area (Å²) < 4.78 is 5.65. The molecular formula is C12H18N2O2. The van der Waals surface area contributed by atoms with Gasteiger partial charge in [-0.1, -0.05) is 0 Å². The Labute approximate surface area is 95.9 Å². The van der Waals surface area contributed by atoms with E-state index < -0.39 is 0 Å². The van der Waals surface area contributed by atoms with Crippen LogP contribution < -0.4 is 0 Å². The van der Waals surface area contributed by atoms with Gasteiger partial charge in [0.15, 0.2) is 0 Å². The highest BCUT2D eigenvalue weighted by Gasteiger charge is 2.27. The van der Waals surface area contributed by atoms with E-state index in [0.717, 1.165) is 31.9 Å². The Hall–Kier alpha value is -1.13. The quantitative estimate of drug-likeness (QED) is 0.821. The third-order valence-corrected chi connectivity index (χ3v) is 2.70. The zero-order chi connectivity index (χ0) is 11.6. The standard InChI is InChI=1S/C12H18N2O2/c1-12(2)9-14(5-6-16-12)8-10-3-4-11(15)7-13-10/h3-4,7,15H,5-6,8-9H2,1-2H3. The SMILES string of the molecule is CC1(C)CN(Cc2ccc(O)cn2)CCO1. The molecule has 16 heavy (non-hydrogen) atoms. The van der Waals surface area contributed by atoms with E-state index in [2.05, 4.69) is 23.7 Å². The fraction of sp³-hybridized carbons (Fsp3) is 0.583. The van der Waals surface area contributed by atoms with Gasteiger partial charge in [0.1, 0.15) is 5.75 Å². The van der Waals surface area contributed by atoms with E-state index in [0.29, 0.717) is 0 Å². The van der Waals surface area contributed by atoms with Crippen LogP contribution in [-0.4, -0.2) is 40.3 Å². The van der Waals surface area contributed by atoms with E-state index in [-0.39, 0.29) is 11.4 Å². The third kappa shape index (κ3) is 2.93. The second-order valence-electron chi connectivity index (χ2n) is 4.83. The molecular weight excluding hydrogens is 204 g/mol. The minimum atomic E-state index is -0.0742. The summed E-state index contributed by atoms with van der Waals surface area (Å²) in [7, 11) is 0. The Balaban J connectivity index is 1.97. The second-order valence-corrected chi connectivity index (χ2v) is 4.83. The van der Waals surface area contributed by atoms with Crippen LogP contribution in [0.1, 0.15) is 19.5 Å². The van der Waals surface area contributed by atoms with Gasteiger partial charge in [0, 0.05) is 19.6 Å². The van der Waals surface area contributed by atoms with Gasteiger partial charge >= 0.3 is 0 Å². The Bertz CT molecular complexity index is 349. The summed E-state index contributed by atoms with van der Waals surface area (Å²) >= 11 is 0. The number of aromatic nitrogens is 1. The molecule has 0 amide bonds. The summed E-state index contributed by atoms with van der Waals surface area (Å²) in [5, 5.41) is 9.15. The van der Waals surface area contributed by atoms with Crippen LogP contribution in [0.3, 0.4) is 0 Å². The molecule has 1 N–H and O–H groups in total. The lowest BCUT2D eigenvalue weighted by atomic mass is 10.1. The summed E-state index contributed by atoms with van der Waals surface area (Å²) in [4.78, 5) is 6.51. The van der Waals surface area contributed by atoms with Crippen LogP contribution in [0.4, 0.5) is 0 Å². The predicted octanol–water partition coefficient (Wildman–Crippen LogP) is 1.40. The Morgan fingerprint density at radius 3 is 2.94 bits per heavy atom. The maximum absolute atomic E-state index is 9.15. The lowest BCUT2D eigenvalue weighted by Gasteiger charge is -2.37. The molecule has 1 fully saturated rings. The highest BCUT2D eigenvalue weighted by atomic mass is 16.5. The van der Waals surface area contributed by atoms with Crippen LogP contribution in [0.25, 0.3) is 0 Å². The van der Waals surface area contributed by atoms with Gasteiger partial charge in [-0.25, -0.2) is 0 Å². The van der Waals surface area contributed by atoms with Crippen molar-refractivity contribution in [2.45, 2.75) is 26.0 Å². The first-order valence-corrected chi connectivity index (χ1v) is 5.55. The number of hydrogen-bond donors (Lipinski definition) is 1. The molecule has 1 saturated heterocycles. The molecule has 1 aliphatic rings. The first kappa shape index (κ1) is 11.4. The summed E-state index contributed by atoms with van der Waals surface area (Å²) in [6.45, 7) is 7.63. The molecule has 0 unspecified atom stereocenters. The third-order valence-electron chi connectivity index (χ3n) is 2.70. The van der Waals surface area contributed by atoms with Crippen LogP contribution in [0.5, 0.6) is 5.75 Å². The summed E-state index contributed by atoms with van der Waals surface area (Å²) in [5.41, 5.74) is 0.908. The van der Waals surface area contributed by atoms with Crippen molar-refractivity contribution in [3.05, 3.63) is 24.0 Å². The molecule has 2 rings (SSSR count). The predicted molar refractivity (Wildman–Crippen MR) is 61.2 cm³/mol. The number of nitrogens with zero attached hydrogens (tertiary/aromatic N) is 2. The first-order valence-electron chi connectivity index (χ1n) is 5.55. The Morgan fingerprint density at radius 1 is 1.50 bits per heavy atom. The van der Waals surface area contributed by atoms with Crippen molar-refractivity contribution in [2.75, 3.05) is 19.7 Å². The molecule has 0 radical (unpaired) electrons. The van der Waals surface area contributed by atoms with Gasteiger partial charge in [0.2, 0.25) is 0 Å². The smallest absolute Gasteiger partial charge is 0.133 e. The monoisotopic (exact) mass is 222 g/mol. The number of hydrogen-bond acceptors (Lipinski definition) is 4. The zero-order valence-corrected chi connectivity index (χ0v) is 9.81. The molecule has 2 heterocycles. The number of aromatic hydroxyl groups is 1. The van der Waals surface area contributed by atoms with E-state index in [9.17, 15) is 0 Å². The number of pyridine rings is 1. The normalized spacial score (nSPS) is 20.9. The van der Waals surface area contributed by atoms with Gasteiger partial charge < -0.3 is 9.84 Å². The van der Waals surface area contributed by atoms with Crippen LogP contribution in [-0.2, 0) is 11.3 Å². The molecule has 0 aliphatic carbocycles. The largest absolute Gasteiger partial charge is 0.506 e. The number of rotatable bonds is 2. The van der Waals surface area contributed by atoms with Crippen molar-refractivity contribution >= 4 is 0 Å². The molecule has 4 heteroatoms. The average Bonchev–Trinajstić information content (AvgIpc) is 2.20. The van der Waals surface area contributed by atoms with Crippen molar-refractivity contribution in [1.29, 1.82) is 0 Å². The summed E-state index contributed by atoms with van der Waals surface area (Å²) in [6, 6.07) is 3.53. The van der Waals surface area contributed by atoms with E-state index >= 15 is 0 Å². The van der Waals surface area contributed by atoms with E-state index in [1.807, 2.05) is 6.07 Å². The second kappa shape index (κ2) is 4.39. The van der Waals surface area contributed by atoms with Gasteiger partial charge in [-0.15, -0.1) is 0 Å². The molecule has 0 aromatic carbocycles. The van der Waals surface area contributed by atoms with Crippen molar-refractivity contribution in [2.24, 2.45) is 0 Å². The first-order chi connectivity index (χ1) is 7.55. The van der Waals surface area contributed by atoms with Crippen molar-refractivity contribution in [3.63, 3.8) is 0 Å². The van der Waals surface area contributed by atoms with Crippen LogP contribution in [0.15, 0.2) is 18.3 Å². The molecule has 0 saturated carbocycles. The highest BCUT2D eigenvalue weighted by molar-refractivity contribution is 5.17. The maximum atomic E-state index is 9.15. The molecule has 0 atom stereocenters. The Kier molecular flexibility index (Phi) is 3.12. The average molecular weight is 222 g/mol. The molecule has 1 aromatic heterocycles. The minimum absolute atomic E-state index is 0.0742. The summed E-state index contributed by atoms with van der Waals surface area (Å²) in [5.74, 6) is 0.214. The van der Waals surface area contributed by atoms with Gasteiger partial charge in [-0.05, 0) is 26.0 Å². The lowest BCUT2D eigenvalue weighted by molar-refractivity contribution is -0.0885. The van der Waals surface area contributed by atoms with Gasteiger partial charge in [0.25, 0.3) is 0 Å². The fourth-order valence-electron chi connectivity index (χ4n) is 1.99. The molecule has 0 spiro atoms. The molecule has 1 aromatic rings. The van der Waals surface area contributed by atoms with Crippen LogP contribution in [0, 0.1) is 0 Å². The molecule has 0 bridgehead atoms.